The quantitative estimate of drug-likeness (QED) is 0.105. The third-order valence-electron chi connectivity index (χ3n) is 19.9. The van der Waals surface area contributed by atoms with Crippen molar-refractivity contribution in [2.45, 2.75) is 222 Å². The molecule has 18 heteroatoms. The largest absolute Gasteiger partial charge is 0.394 e. The summed E-state index contributed by atoms with van der Waals surface area (Å²) in [6.45, 7) is 14.3. The van der Waals surface area contributed by atoms with E-state index in [0.29, 0.717) is 38.7 Å². The normalized spacial score (nSPS) is 58.8. The minimum atomic E-state index is -1.82. The van der Waals surface area contributed by atoms with E-state index in [1.165, 1.54) is 6.92 Å². The van der Waals surface area contributed by atoms with Gasteiger partial charge in [0.05, 0.1) is 49.3 Å². The lowest BCUT2D eigenvalue weighted by Crippen LogP contribution is -2.73. The lowest BCUT2D eigenvalue weighted by Gasteiger charge is -2.73. The molecule has 26 atom stereocenters. The second-order valence-corrected chi connectivity index (χ2v) is 23.5. The van der Waals surface area contributed by atoms with Crippen molar-refractivity contribution in [2.24, 2.45) is 44.8 Å². The van der Waals surface area contributed by atoms with Crippen molar-refractivity contribution in [2.75, 3.05) is 19.8 Å². The topological polar surface area (TPSA) is 287 Å². The van der Waals surface area contributed by atoms with Crippen LogP contribution in [0.2, 0.25) is 0 Å². The molecule has 11 N–H and O–H groups in total. The SMILES string of the molecule is CC[C@@]1(O)C2CCC3(C)C(C=CC45OCC6(CCC(C)(C)CC64)[C@@H](O)CC35C)C2(C)CC[C@@H]1O[C@@H]1O[C@H](CO[C@@H]2O[C@H](CO)[C@@H](O[C@H]3O[C@@H](C)[C@H](O)[C@@H](O)[C@H]3O)[C@H](O)[C@H]2O)[C@@H](O)[C@H](O)C1O. The van der Waals surface area contributed by atoms with Gasteiger partial charge in [-0.15, -0.1) is 0 Å². The number of aliphatic hydroxyl groups excluding tert-OH is 10. The molecule has 66 heavy (non-hydrogen) atoms. The average molecular weight is 943 g/mol. The standard InChI is InChI=1S/C48H78O18/c1-8-47(59)26-9-13-44(6)25(10-14-48-27-17-42(3,4)15-16-46(27,21-61-48)28(50)18-45(44,48)7)43(26,5)12-11-29(47)65-41-36(57)33(54)31(52)24(64-41)20-60-39-37(58)34(55)38(23(19-49)63-39)66-40-35(56)32(53)30(51)22(2)62-40/h10,14,22-41,49-59H,8-9,11-13,15-21H2,1-7H3/t22-,23+,24+,25?,26?,27?,28-,29-,30-,31+,32+,33-,34+,35+,36?,37+,38+,39+,40+,41-,43?,44?,45?,46?,47+,48?/m0/s1. The fourth-order valence-electron chi connectivity index (χ4n) is 15.6. The lowest BCUT2D eigenvalue weighted by atomic mass is 9.32. The van der Waals surface area contributed by atoms with E-state index >= 15 is 0 Å². The van der Waals surface area contributed by atoms with Gasteiger partial charge >= 0.3 is 0 Å². The number of hydrogen-bond acceptors (Lipinski definition) is 18. The molecule has 9 aliphatic rings. The fourth-order valence-corrected chi connectivity index (χ4v) is 15.6. The van der Waals surface area contributed by atoms with Crippen molar-refractivity contribution < 1.29 is 89.3 Å². The third-order valence-corrected chi connectivity index (χ3v) is 19.9. The van der Waals surface area contributed by atoms with Crippen LogP contribution in [-0.4, -0.2) is 192 Å². The van der Waals surface area contributed by atoms with Crippen LogP contribution in [0.15, 0.2) is 12.2 Å². The molecule has 0 aromatic carbocycles. The monoisotopic (exact) mass is 943 g/mol. The Morgan fingerprint density at radius 1 is 0.667 bits per heavy atom. The van der Waals surface area contributed by atoms with Crippen LogP contribution in [0, 0.1) is 44.8 Å². The summed E-state index contributed by atoms with van der Waals surface area (Å²) in [5, 5.41) is 122. The second-order valence-electron chi connectivity index (χ2n) is 23.5. The maximum Gasteiger partial charge on any atom is 0.187 e. The summed E-state index contributed by atoms with van der Waals surface area (Å²) in [7, 11) is 0. The van der Waals surface area contributed by atoms with Crippen LogP contribution >= 0.6 is 0 Å². The first-order valence-electron chi connectivity index (χ1n) is 24.6. The highest BCUT2D eigenvalue weighted by Gasteiger charge is 2.79. The van der Waals surface area contributed by atoms with E-state index < -0.39 is 129 Å². The minimum absolute atomic E-state index is 0.0508. The molecule has 9 rings (SSSR count). The molecule has 4 aliphatic heterocycles. The van der Waals surface area contributed by atoms with E-state index in [4.69, 9.17) is 33.2 Å². The first kappa shape index (κ1) is 50.0. The van der Waals surface area contributed by atoms with Crippen molar-refractivity contribution in [3.05, 3.63) is 12.2 Å². The molecule has 18 nitrogen and oxygen atoms in total. The highest BCUT2D eigenvalue weighted by molar-refractivity contribution is 5.36. The van der Waals surface area contributed by atoms with Gasteiger partial charge < -0.3 is 89.3 Å². The van der Waals surface area contributed by atoms with Gasteiger partial charge in [0.15, 0.2) is 18.9 Å². The molecule has 378 valence electrons. The zero-order valence-electron chi connectivity index (χ0n) is 39.5. The van der Waals surface area contributed by atoms with Gasteiger partial charge in [0.25, 0.3) is 0 Å². The Bertz CT molecular complexity index is 1800. The van der Waals surface area contributed by atoms with Crippen molar-refractivity contribution in [1.82, 2.24) is 0 Å². The predicted molar refractivity (Wildman–Crippen MR) is 230 cm³/mol. The summed E-state index contributed by atoms with van der Waals surface area (Å²) >= 11 is 0. The highest BCUT2D eigenvalue weighted by Crippen LogP contribution is 2.79. The predicted octanol–water partition coefficient (Wildman–Crippen LogP) is -0.256. The molecule has 0 aromatic heterocycles. The van der Waals surface area contributed by atoms with Gasteiger partial charge in [0.2, 0.25) is 0 Å². The Morgan fingerprint density at radius 2 is 1.32 bits per heavy atom. The van der Waals surface area contributed by atoms with E-state index in [2.05, 4.69) is 46.8 Å². The molecule has 0 amide bonds. The molecule has 1 spiro atoms. The molecule has 2 bridgehead atoms. The molecule has 5 aliphatic carbocycles. The highest BCUT2D eigenvalue weighted by atomic mass is 16.8. The molecule has 4 saturated carbocycles. The van der Waals surface area contributed by atoms with E-state index in [-0.39, 0.29) is 44.8 Å². The number of ether oxygens (including phenoxy) is 7. The molecular formula is C48H78O18. The van der Waals surface area contributed by atoms with Gasteiger partial charge in [-0.3, -0.25) is 0 Å². The fraction of sp³-hybridized carbons (Fsp3) is 0.958. The molecule has 0 radical (unpaired) electrons. The van der Waals surface area contributed by atoms with Crippen molar-refractivity contribution in [3.63, 3.8) is 0 Å². The van der Waals surface area contributed by atoms with Crippen LogP contribution in [-0.2, 0) is 33.2 Å². The van der Waals surface area contributed by atoms with E-state index in [0.717, 1.165) is 25.7 Å². The summed E-state index contributed by atoms with van der Waals surface area (Å²) in [5.74, 6) is 0.0250. The molecule has 0 aromatic rings. The minimum Gasteiger partial charge on any atom is -0.394 e. The van der Waals surface area contributed by atoms with Crippen molar-refractivity contribution >= 4 is 0 Å². The van der Waals surface area contributed by atoms with Crippen LogP contribution in [0.3, 0.4) is 0 Å². The summed E-state index contributed by atoms with van der Waals surface area (Å²) in [6, 6.07) is 0. The molecule has 9 unspecified atom stereocenters. The smallest absolute Gasteiger partial charge is 0.187 e. The number of hydrogen-bond donors (Lipinski definition) is 11. The first-order valence-corrected chi connectivity index (χ1v) is 24.6. The third kappa shape index (κ3) is 7.08. The van der Waals surface area contributed by atoms with Crippen molar-refractivity contribution in [1.29, 1.82) is 0 Å². The zero-order chi connectivity index (χ0) is 47.9. The molecule has 4 heterocycles. The second kappa shape index (κ2) is 17.1. The van der Waals surface area contributed by atoms with Gasteiger partial charge in [-0.25, -0.2) is 0 Å². The van der Waals surface area contributed by atoms with Crippen LogP contribution in [0.4, 0.5) is 0 Å². The Labute approximate surface area is 387 Å². The summed E-state index contributed by atoms with van der Waals surface area (Å²) in [5.41, 5.74) is -2.99. The maximum absolute atomic E-state index is 12.9. The zero-order valence-corrected chi connectivity index (χ0v) is 39.5. The maximum atomic E-state index is 12.9. The van der Waals surface area contributed by atoms with E-state index in [1.807, 2.05) is 6.92 Å². The molecular weight excluding hydrogens is 865 g/mol. The van der Waals surface area contributed by atoms with Crippen molar-refractivity contribution in [3.8, 4) is 0 Å². The Morgan fingerprint density at radius 3 is 2.00 bits per heavy atom. The first-order chi connectivity index (χ1) is 30.9. The summed E-state index contributed by atoms with van der Waals surface area (Å²) in [4.78, 5) is 0. The Balaban J connectivity index is 0.888. The average Bonchev–Trinajstić information content (AvgIpc) is 3.55. The van der Waals surface area contributed by atoms with Gasteiger partial charge in [-0.2, -0.15) is 0 Å². The van der Waals surface area contributed by atoms with Crippen LogP contribution in [0.25, 0.3) is 0 Å². The number of fused-ring (bicyclic) bond motifs is 4. The summed E-state index contributed by atoms with van der Waals surface area (Å²) in [6.07, 6.45) is -13.4. The lowest BCUT2D eigenvalue weighted by molar-refractivity contribution is -0.366. The molecule has 8 fully saturated rings. The summed E-state index contributed by atoms with van der Waals surface area (Å²) < 4.78 is 42.4. The van der Waals surface area contributed by atoms with E-state index in [1.54, 1.807) is 0 Å². The van der Waals surface area contributed by atoms with Gasteiger partial charge in [0.1, 0.15) is 67.1 Å². The Hall–Kier alpha value is -0.980. The number of allylic oxidation sites excluding steroid dienone is 1. The van der Waals surface area contributed by atoms with Crippen LogP contribution in [0.5, 0.6) is 0 Å². The number of rotatable bonds is 9. The number of aliphatic hydroxyl groups is 11. The van der Waals surface area contributed by atoms with Gasteiger partial charge in [-0.1, -0.05) is 53.7 Å². The van der Waals surface area contributed by atoms with Crippen LogP contribution < -0.4 is 0 Å². The Kier molecular flexibility index (Phi) is 12.9. The van der Waals surface area contributed by atoms with Gasteiger partial charge in [-0.05, 0) is 92.8 Å². The van der Waals surface area contributed by atoms with Gasteiger partial charge in [0, 0.05) is 16.7 Å². The van der Waals surface area contributed by atoms with E-state index in [9.17, 15) is 56.2 Å². The van der Waals surface area contributed by atoms with Crippen LogP contribution in [0.1, 0.15) is 106 Å². The molecule has 4 saturated heterocycles.